The van der Waals surface area contributed by atoms with Gasteiger partial charge >= 0.3 is 5.97 Å². The summed E-state index contributed by atoms with van der Waals surface area (Å²) in [6.45, 7) is 9.30. The molecule has 1 aliphatic heterocycles. The minimum absolute atomic E-state index is 0.0854. The zero-order valence-corrected chi connectivity index (χ0v) is 10.2. The second kappa shape index (κ2) is 5.47. The third kappa shape index (κ3) is 3.18. The third-order valence-electron chi connectivity index (χ3n) is 2.85. The van der Waals surface area contributed by atoms with Crippen molar-refractivity contribution in [2.24, 2.45) is 0 Å². The Hall–Kier alpha value is -0.610. The van der Waals surface area contributed by atoms with Crippen molar-refractivity contribution in [3.63, 3.8) is 0 Å². The number of carbonyl (C=O) groups excluding carboxylic acids is 1. The Morgan fingerprint density at radius 3 is 2.67 bits per heavy atom. The number of esters is 1. The first-order valence-corrected chi connectivity index (χ1v) is 5.67. The summed E-state index contributed by atoms with van der Waals surface area (Å²) in [7, 11) is 2.05. The van der Waals surface area contributed by atoms with Crippen molar-refractivity contribution >= 4 is 5.97 Å². The van der Waals surface area contributed by atoms with Gasteiger partial charge in [-0.05, 0) is 27.8 Å². The van der Waals surface area contributed by atoms with Crippen LogP contribution in [0.25, 0.3) is 0 Å². The number of carbonyl (C=O) groups is 1. The Labute approximate surface area is 92.2 Å². The number of likely N-dealkylation sites (N-methyl/N-ethyl adjacent to an activating group) is 1. The Morgan fingerprint density at radius 1 is 1.47 bits per heavy atom. The lowest BCUT2D eigenvalue weighted by Crippen LogP contribution is -2.57. The lowest BCUT2D eigenvalue weighted by Gasteiger charge is -2.40. The maximum atomic E-state index is 11.8. The van der Waals surface area contributed by atoms with E-state index in [0.29, 0.717) is 12.6 Å². The van der Waals surface area contributed by atoms with Crippen molar-refractivity contribution < 1.29 is 9.53 Å². The molecule has 0 aromatic carbocycles. The zero-order valence-electron chi connectivity index (χ0n) is 10.2. The highest BCUT2D eigenvalue weighted by Crippen LogP contribution is 2.13. The van der Waals surface area contributed by atoms with Gasteiger partial charge in [-0.15, -0.1) is 0 Å². The zero-order chi connectivity index (χ0) is 11.4. The molecule has 88 valence electrons. The van der Waals surface area contributed by atoms with Crippen LogP contribution in [0.4, 0.5) is 0 Å². The van der Waals surface area contributed by atoms with Gasteiger partial charge in [0, 0.05) is 25.7 Å². The van der Waals surface area contributed by atoms with Gasteiger partial charge < -0.3 is 9.64 Å². The predicted octanol–water partition coefficient (Wildman–Crippen LogP) is 0.574. The van der Waals surface area contributed by atoms with E-state index in [-0.39, 0.29) is 12.0 Å². The molecule has 0 aromatic rings. The van der Waals surface area contributed by atoms with Gasteiger partial charge in [0.25, 0.3) is 0 Å². The molecule has 4 heteroatoms. The second-order valence-electron chi connectivity index (χ2n) is 4.36. The highest BCUT2D eigenvalue weighted by atomic mass is 16.5. The van der Waals surface area contributed by atoms with Crippen LogP contribution >= 0.6 is 0 Å². The largest absolute Gasteiger partial charge is 0.465 e. The predicted molar refractivity (Wildman–Crippen MR) is 59.8 cm³/mol. The fourth-order valence-corrected chi connectivity index (χ4v) is 2.00. The van der Waals surface area contributed by atoms with E-state index in [1.54, 1.807) is 0 Å². The average molecular weight is 214 g/mol. The van der Waals surface area contributed by atoms with Gasteiger partial charge in [0.1, 0.15) is 6.04 Å². The fourth-order valence-electron chi connectivity index (χ4n) is 2.00. The smallest absolute Gasteiger partial charge is 0.324 e. The minimum Gasteiger partial charge on any atom is -0.465 e. The maximum Gasteiger partial charge on any atom is 0.324 e. The number of hydrogen-bond acceptors (Lipinski definition) is 4. The van der Waals surface area contributed by atoms with Crippen molar-refractivity contribution in [3.8, 4) is 0 Å². The van der Waals surface area contributed by atoms with Crippen molar-refractivity contribution in [2.75, 3.05) is 33.3 Å². The number of nitrogens with zero attached hydrogens (tertiary/aromatic N) is 2. The molecule has 1 fully saturated rings. The van der Waals surface area contributed by atoms with E-state index >= 15 is 0 Å². The van der Waals surface area contributed by atoms with Crippen LogP contribution in [0.5, 0.6) is 0 Å². The van der Waals surface area contributed by atoms with E-state index in [1.165, 1.54) is 0 Å². The van der Waals surface area contributed by atoms with Crippen LogP contribution in [0.3, 0.4) is 0 Å². The Kier molecular flexibility index (Phi) is 4.54. The molecule has 0 radical (unpaired) electrons. The Bertz CT molecular complexity index is 219. The Morgan fingerprint density at radius 2 is 2.13 bits per heavy atom. The van der Waals surface area contributed by atoms with Crippen LogP contribution in [0, 0.1) is 0 Å². The molecule has 1 unspecified atom stereocenters. The summed E-state index contributed by atoms with van der Waals surface area (Å²) >= 11 is 0. The summed E-state index contributed by atoms with van der Waals surface area (Å²) in [5.41, 5.74) is 0. The Balaban J connectivity index is 2.65. The molecule has 15 heavy (non-hydrogen) atoms. The first-order valence-electron chi connectivity index (χ1n) is 5.67. The maximum absolute atomic E-state index is 11.8. The molecule has 4 nitrogen and oxygen atoms in total. The van der Waals surface area contributed by atoms with Crippen LogP contribution in [0.2, 0.25) is 0 Å². The summed E-state index contributed by atoms with van der Waals surface area (Å²) < 4.78 is 5.10. The number of piperazine rings is 1. The van der Waals surface area contributed by atoms with Crippen molar-refractivity contribution in [2.45, 2.75) is 32.9 Å². The molecule has 0 aromatic heterocycles. The minimum atomic E-state index is -0.0938. The average Bonchev–Trinajstić information content (AvgIpc) is 2.17. The normalized spacial score (nSPS) is 24.5. The lowest BCUT2D eigenvalue weighted by atomic mass is 10.1. The SMILES string of the molecule is CCOC(=O)C1CN(C)CCN1C(C)C. The van der Waals surface area contributed by atoms with Crippen LogP contribution in [0.15, 0.2) is 0 Å². The summed E-state index contributed by atoms with van der Waals surface area (Å²) in [4.78, 5) is 16.2. The summed E-state index contributed by atoms with van der Waals surface area (Å²) in [5, 5.41) is 0. The first-order chi connectivity index (χ1) is 7.06. The van der Waals surface area contributed by atoms with E-state index in [9.17, 15) is 4.79 Å². The third-order valence-corrected chi connectivity index (χ3v) is 2.85. The van der Waals surface area contributed by atoms with Crippen LogP contribution in [-0.2, 0) is 9.53 Å². The van der Waals surface area contributed by atoms with E-state index in [0.717, 1.165) is 19.6 Å². The molecule has 0 saturated carbocycles. The fraction of sp³-hybridized carbons (Fsp3) is 0.909. The topological polar surface area (TPSA) is 32.8 Å². The number of rotatable bonds is 3. The molecule has 1 aliphatic rings. The van der Waals surface area contributed by atoms with Gasteiger partial charge in [0.05, 0.1) is 6.61 Å². The van der Waals surface area contributed by atoms with E-state index in [4.69, 9.17) is 4.74 Å². The molecule has 0 N–H and O–H groups in total. The van der Waals surface area contributed by atoms with Gasteiger partial charge in [-0.3, -0.25) is 9.69 Å². The molecule has 0 bridgehead atoms. The van der Waals surface area contributed by atoms with E-state index in [2.05, 4.69) is 23.6 Å². The van der Waals surface area contributed by atoms with Crippen LogP contribution in [0.1, 0.15) is 20.8 Å². The molecular formula is C11H22N2O2. The van der Waals surface area contributed by atoms with Crippen molar-refractivity contribution in [3.05, 3.63) is 0 Å². The molecule has 1 saturated heterocycles. The number of ether oxygens (including phenoxy) is 1. The van der Waals surface area contributed by atoms with Crippen molar-refractivity contribution in [1.82, 2.24) is 9.80 Å². The highest BCUT2D eigenvalue weighted by molar-refractivity contribution is 5.76. The van der Waals surface area contributed by atoms with Crippen molar-refractivity contribution in [1.29, 1.82) is 0 Å². The lowest BCUT2D eigenvalue weighted by molar-refractivity contribution is -0.152. The second-order valence-corrected chi connectivity index (χ2v) is 4.36. The molecule has 1 heterocycles. The number of hydrogen-bond donors (Lipinski definition) is 0. The standard InChI is InChI=1S/C11H22N2O2/c1-5-15-11(14)10-8-12(4)6-7-13(10)9(2)3/h9-10H,5-8H2,1-4H3. The molecule has 1 atom stereocenters. The van der Waals surface area contributed by atoms with Gasteiger partial charge in [-0.25, -0.2) is 0 Å². The monoisotopic (exact) mass is 214 g/mol. The quantitative estimate of drug-likeness (QED) is 0.643. The van der Waals surface area contributed by atoms with Gasteiger partial charge in [0.2, 0.25) is 0 Å². The van der Waals surface area contributed by atoms with Crippen LogP contribution in [-0.4, -0.2) is 61.1 Å². The highest BCUT2D eigenvalue weighted by Gasteiger charge is 2.33. The molecule has 1 rings (SSSR count). The van der Waals surface area contributed by atoms with E-state index < -0.39 is 0 Å². The molecule has 0 spiro atoms. The summed E-state index contributed by atoms with van der Waals surface area (Å²) in [6, 6.07) is 0.303. The van der Waals surface area contributed by atoms with E-state index in [1.807, 2.05) is 14.0 Å². The van der Waals surface area contributed by atoms with Gasteiger partial charge in [0.15, 0.2) is 0 Å². The van der Waals surface area contributed by atoms with Crippen LogP contribution < -0.4 is 0 Å². The summed E-state index contributed by atoms with van der Waals surface area (Å²) in [5.74, 6) is -0.0854. The summed E-state index contributed by atoms with van der Waals surface area (Å²) in [6.07, 6.45) is 0. The first kappa shape index (κ1) is 12.5. The van der Waals surface area contributed by atoms with Gasteiger partial charge in [-0.1, -0.05) is 0 Å². The molecule has 0 aliphatic carbocycles. The van der Waals surface area contributed by atoms with Gasteiger partial charge in [-0.2, -0.15) is 0 Å². The molecule has 0 amide bonds. The molecular weight excluding hydrogens is 192 g/mol.